The third-order valence-corrected chi connectivity index (χ3v) is 3.64. The van der Waals surface area contributed by atoms with E-state index >= 15 is 0 Å². The average Bonchev–Trinajstić information content (AvgIpc) is 3.17. The predicted octanol–water partition coefficient (Wildman–Crippen LogP) is 3.46. The topological polar surface area (TPSA) is 59.4 Å². The molecular formula is C15H10ClN5. The van der Waals surface area contributed by atoms with Crippen molar-refractivity contribution in [3.63, 3.8) is 0 Å². The highest BCUT2D eigenvalue weighted by atomic mass is 35.5. The van der Waals surface area contributed by atoms with Crippen LogP contribution in [0, 0.1) is 0 Å². The van der Waals surface area contributed by atoms with Gasteiger partial charge in [-0.15, -0.1) is 10.2 Å². The van der Waals surface area contributed by atoms with Crippen LogP contribution in [0.1, 0.15) is 0 Å². The number of imidazole rings is 1. The normalized spacial score (nSPS) is 11.1. The number of aromatic amines is 1. The molecule has 0 amide bonds. The van der Waals surface area contributed by atoms with E-state index < -0.39 is 0 Å². The quantitative estimate of drug-likeness (QED) is 0.616. The molecule has 0 unspecified atom stereocenters. The molecular weight excluding hydrogens is 286 g/mol. The summed E-state index contributed by atoms with van der Waals surface area (Å²) in [6, 6.07) is 13.6. The van der Waals surface area contributed by atoms with Gasteiger partial charge in [0.05, 0.1) is 16.1 Å². The molecule has 0 aliphatic rings. The summed E-state index contributed by atoms with van der Waals surface area (Å²) in [4.78, 5) is 7.87. The number of nitrogens with zero attached hydrogens (tertiary/aromatic N) is 4. The number of nitrogens with one attached hydrogen (secondary N) is 1. The molecule has 4 rings (SSSR count). The molecule has 0 radical (unpaired) electrons. The van der Waals surface area contributed by atoms with E-state index in [4.69, 9.17) is 11.6 Å². The summed E-state index contributed by atoms with van der Waals surface area (Å²) < 4.78 is 1.82. The van der Waals surface area contributed by atoms with E-state index in [1.54, 1.807) is 12.7 Å². The molecule has 0 saturated carbocycles. The number of para-hydroxylation sites is 2. The van der Waals surface area contributed by atoms with Gasteiger partial charge < -0.3 is 4.98 Å². The van der Waals surface area contributed by atoms with E-state index in [-0.39, 0.29) is 0 Å². The van der Waals surface area contributed by atoms with Crippen molar-refractivity contribution in [3.8, 4) is 17.1 Å². The van der Waals surface area contributed by atoms with Crippen molar-refractivity contribution in [2.75, 3.05) is 0 Å². The molecule has 0 atom stereocenters. The first-order valence-electron chi connectivity index (χ1n) is 6.41. The monoisotopic (exact) mass is 295 g/mol. The minimum absolute atomic E-state index is 0.644. The van der Waals surface area contributed by atoms with Gasteiger partial charge in [-0.25, -0.2) is 4.98 Å². The second kappa shape index (κ2) is 4.71. The van der Waals surface area contributed by atoms with E-state index in [0.717, 1.165) is 28.1 Å². The average molecular weight is 296 g/mol. The zero-order valence-corrected chi connectivity index (χ0v) is 11.6. The minimum Gasteiger partial charge on any atom is -0.338 e. The number of halogens is 1. The fourth-order valence-corrected chi connectivity index (χ4v) is 2.48. The van der Waals surface area contributed by atoms with Crippen LogP contribution in [0.2, 0.25) is 5.02 Å². The molecule has 0 aliphatic heterocycles. The molecule has 4 aromatic rings. The van der Waals surface area contributed by atoms with Crippen molar-refractivity contribution in [2.45, 2.75) is 0 Å². The van der Waals surface area contributed by atoms with Crippen LogP contribution in [0.15, 0.2) is 55.1 Å². The lowest BCUT2D eigenvalue weighted by Gasteiger charge is -2.05. The molecule has 102 valence electrons. The summed E-state index contributed by atoms with van der Waals surface area (Å²) in [5.74, 6) is 0.746. The van der Waals surface area contributed by atoms with E-state index in [1.807, 2.05) is 47.0 Å². The van der Waals surface area contributed by atoms with Gasteiger partial charge in [-0.3, -0.25) is 4.57 Å². The first-order valence-corrected chi connectivity index (χ1v) is 6.79. The number of hydrogen-bond donors (Lipinski definition) is 1. The van der Waals surface area contributed by atoms with Gasteiger partial charge in [-0.05, 0) is 30.3 Å². The van der Waals surface area contributed by atoms with Gasteiger partial charge in [0.1, 0.15) is 18.5 Å². The molecule has 0 saturated heterocycles. The molecule has 0 spiro atoms. The van der Waals surface area contributed by atoms with Crippen molar-refractivity contribution in [3.05, 3.63) is 60.1 Å². The number of aromatic nitrogens is 5. The smallest absolute Gasteiger partial charge is 0.140 e. The van der Waals surface area contributed by atoms with Crippen LogP contribution in [0.25, 0.3) is 28.1 Å². The molecule has 0 fully saturated rings. The highest BCUT2D eigenvalue weighted by molar-refractivity contribution is 6.33. The van der Waals surface area contributed by atoms with E-state index in [0.29, 0.717) is 5.02 Å². The zero-order chi connectivity index (χ0) is 14.2. The molecule has 0 aliphatic carbocycles. The molecule has 6 heteroatoms. The van der Waals surface area contributed by atoms with Crippen LogP contribution in [0.4, 0.5) is 0 Å². The fraction of sp³-hybridized carbons (Fsp3) is 0. The van der Waals surface area contributed by atoms with E-state index in [9.17, 15) is 0 Å². The molecule has 0 bridgehead atoms. The Morgan fingerprint density at radius 3 is 2.62 bits per heavy atom. The van der Waals surface area contributed by atoms with Crippen LogP contribution >= 0.6 is 11.6 Å². The predicted molar refractivity (Wildman–Crippen MR) is 81.5 cm³/mol. The molecule has 2 heterocycles. The molecule has 5 nitrogen and oxygen atoms in total. The highest BCUT2D eigenvalue weighted by Gasteiger charge is 2.10. The minimum atomic E-state index is 0.644. The van der Waals surface area contributed by atoms with Gasteiger partial charge in [-0.2, -0.15) is 0 Å². The van der Waals surface area contributed by atoms with E-state index in [1.165, 1.54) is 0 Å². The summed E-state index contributed by atoms with van der Waals surface area (Å²) in [5.41, 5.74) is 3.68. The zero-order valence-electron chi connectivity index (χ0n) is 10.9. The van der Waals surface area contributed by atoms with Gasteiger partial charge in [-0.1, -0.05) is 23.7 Å². The fourth-order valence-electron chi connectivity index (χ4n) is 2.27. The first kappa shape index (κ1) is 12.1. The standard InChI is InChI=1S/C15H10ClN5/c16-12-6-5-10(21-8-17-18-9-21)7-11(12)15-19-13-3-1-2-4-14(13)20-15/h1-9H,(H,19,20). The largest absolute Gasteiger partial charge is 0.338 e. The van der Waals surface area contributed by atoms with Crippen molar-refractivity contribution in [1.29, 1.82) is 0 Å². The Hall–Kier alpha value is -2.66. The van der Waals surface area contributed by atoms with Crippen LogP contribution in [-0.2, 0) is 0 Å². The van der Waals surface area contributed by atoms with Crippen molar-refractivity contribution < 1.29 is 0 Å². The van der Waals surface area contributed by atoms with Gasteiger partial charge >= 0.3 is 0 Å². The third-order valence-electron chi connectivity index (χ3n) is 3.31. The van der Waals surface area contributed by atoms with Gasteiger partial charge in [0, 0.05) is 11.3 Å². The van der Waals surface area contributed by atoms with Crippen LogP contribution in [0.5, 0.6) is 0 Å². The van der Waals surface area contributed by atoms with Crippen molar-refractivity contribution in [1.82, 2.24) is 24.7 Å². The summed E-state index contributed by atoms with van der Waals surface area (Å²) in [6.07, 6.45) is 3.29. The summed E-state index contributed by atoms with van der Waals surface area (Å²) in [6.45, 7) is 0. The molecule has 1 N–H and O–H groups in total. The number of hydrogen-bond acceptors (Lipinski definition) is 3. The number of fused-ring (bicyclic) bond motifs is 1. The first-order chi connectivity index (χ1) is 10.3. The SMILES string of the molecule is Clc1ccc(-n2cnnc2)cc1-c1nc2ccccc2[nH]1. The molecule has 21 heavy (non-hydrogen) atoms. The lowest BCUT2D eigenvalue weighted by atomic mass is 10.2. The van der Waals surface area contributed by atoms with Crippen LogP contribution in [-0.4, -0.2) is 24.7 Å². The lowest BCUT2D eigenvalue weighted by Crippen LogP contribution is -1.92. The number of H-pyrrole nitrogens is 1. The lowest BCUT2D eigenvalue weighted by molar-refractivity contribution is 1.06. The maximum atomic E-state index is 6.32. The van der Waals surface area contributed by atoms with Crippen LogP contribution < -0.4 is 0 Å². The third kappa shape index (κ3) is 2.08. The summed E-state index contributed by atoms with van der Waals surface area (Å²) >= 11 is 6.32. The van der Waals surface area contributed by atoms with Gasteiger partial charge in [0.25, 0.3) is 0 Å². The Balaban J connectivity index is 1.89. The highest BCUT2D eigenvalue weighted by Crippen LogP contribution is 2.29. The number of benzene rings is 2. The second-order valence-corrected chi connectivity index (χ2v) is 5.04. The Bertz CT molecular complexity index is 878. The number of rotatable bonds is 2. The molecule has 2 aromatic carbocycles. The maximum Gasteiger partial charge on any atom is 0.140 e. The Kier molecular flexibility index (Phi) is 2.72. The van der Waals surface area contributed by atoms with Crippen LogP contribution in [0.3, 0.4) is 0 Å². The Morgan fingerprint density at radius 1 is 1.00 bits per heavy atom. The van der Waals surface area contributed by atoms with E-state index in [2.05, 4.69) is 20.2 Å². The summed E-state index contributed by atoms with van der Waals surface area (Å²) in [7, 11) is 0. The second-order valence-electron chi connectivity index (χ2n) is 4.64. The van der Waals surface area contributed by atoms with Crippen molar-refractivity contribution in [2.24, 2.45) is 0 Å². The Labute approximate surface area is 125 Å². The van der Waals surface area contributed by atoms with Crippen molar-refractivity contribution >= 4 is 22.6 Å². The Morgan fingerprint density at radius 2 is 1.81 bits per heavy atom. The summed E-state index contributed by atoms with van der Waals surface area (Å²) in [5, 5.41) is 8.27. The van der Waals surface area contributed by atoms with Gasteiger partial charge in [0.2, 0.25) is 0 Å². The molecule has 2 aromatic heterocycles. The van der Waals surface area contributed by atoms with Gasteiger partial charge in [0.15, 0.2) is 0 Å². The maximum absolute atomic E-state index is 6.32.